The van der Waals surface area contributed by atoms with Crippen molar-refractivity contribution in [2.75, 3.05) is 26.2 Å². The molecule has 1 unspecified atom stereocenters. The van der Waals surface area contributed by atoms with Gasteiger partial charge in [-0.3, -0.25) is 9.59 Å². The van der Waals surface area contributed by atoms with E-state index in [2.05, 4.69) is 34.7 Å². The van der Waals surface area contributed by atoms with Crippen LogP contribution >= 0.6 is 15.9 Å². The first-order valence-electron chi connectivity index (χ1n) is 11.3. The maximum absolute atomic E-state index is 13.1. The fraction of sp³-hybridized carbons (Fsp3) is 0.385. The molecule has 2 aromatic carbocycles. The molecule has 1 saturated heterocycles. The van der Waals surface area contributed by atoms with Gasteiger partial charge in [-0.25, -0.2) is 0 Å². The Kier molecular flexibility index (Phi) is 8.32. The highest BCUT2D eigenvalue weighted by Gasteiger charge is 2.45. The zero-order valence-corrected chi connectivity index (χ0v) is 21.1. The first-order valence-corrected chi connectivity index (χ1v) is 12.1. The zero-order valence-electron chi connectivity index (χ0n) is 19.5. The standard InChI is InChI=1S/C26H31BrN2O4/c1-5-28(6-2)15-16-29-23(18-9-13-21(14-10-18)33-17(3)4)22(25(31)26(29)32)24(30)19-7-11-20(27)12-8-19/h7-14,17,23,30H,5-6,15-16H2,1-4H3. The normalized spacial score (nSPS) is 17.9. The summed E-state index contributed by atoms with van der Waals surface area (Å²) in [4.78, 5) is 30.0. The molecule has 1 N–H and O–H groups in total. The van der Waals surface area contributed by atoms with E-state index in [9.17, 15) is 14.7 Å². The van der Waals surface area contributed by atoms with Crippen LogP contribution in [-0.4, -0.2) is 58.9 Å². The average molecular weight is 515 g/mol. The molecule has 0 bridgehead atoms. The van der Waals surface area contributed by atoms with Gasteiger partial charge in [-0.15, -0.1) is 0 Å². The van der Waals surface area contributed by atoms with Crippen LogP contribution in [0.4, 0.5) is 0 Å². The van der Waals surface area contributed by atoms with Crippen LogP contribution in [0.25, 0.3) is 5.76 Å². The Hall–Kier alpha value is -2.64. The molecule has 0 spiro atoms. The van der Waals surface area contributed by atoms with Gasteiger partial charge in [0.15, 0.2) is 0 Å². The second-order valence-electron chi connectivity index (χ2n) is 8.26. The summed E-state index contributed by atoms with van der Waals surface area (Å²) in [5.74, 6) is -0.712. The SMILES string of the molecule is CCN(CC)CCN1C(=O)C(=O)C(=C(O)c2ccc(Br)cc2)C1c1ccc(OC(C)C)cc1. The predicted molar refractivity (Wildman–Crippen MR) is 133 cm³/mol. The Morgan fingerprint density at radius 2 is 1.67 bits per heavy atom. The summed E-state index contributed by atoms with van der Waals surface area (Å²) < 4.78 is 6.60. The van der Waals surface area contributed by atoms with E-state index in [-0.39, 0.29) is 17.4 Å². The van der Waals surface area contributed by atoms with Crippen molar-refractivity contribution >= 4 is 33.4 Å². The van der Waals surface area contributed by atoms with Crippen LogP contribution in [0.1, 0.15) is 44.9 Å². The third kappa shape index (κ3) is 5.65. The van der Waals surface area contributed by atoms with Gasteiger partial charge < -0.3 is 19.6 Å². The summed E-state index contributed by atoms with van der Waals surface area (Å²) in [7, 11) is 0. The van der Waals surface area contributed by atoms with Gasteiger partial charge in [0.05, 0.1) is 17.7 Å². The van der Waals surface area contributed by atoms with E-state index in [1.54, 1.807) is 29.2 Å². The minimum absolute atomic E-state index is 0.0351. The van der Waals surface area contributed by atoms with Crippen LogP contribution in [0.15, 0.2) is 58.6 Å². The lowest BCUT2D eigenvalue weighted by Gasteiger charge is -2.28. The number of carbonyl (C=O) groups excluding carboxylic acids is 2. The van der Waals surface area contributed by atoms with Gasteiger partial charge in [0.1, 0.15) is 11.5 Å². The number of amides is 1. The third-order valence-corrected chi connectivity index (χ3v) is 6.31. The molecule has 1 heterocycles. The minimum Gasteiger partial charge on any atom is -0.507 e. The van der Waals surface area contributed by atoms with Crippen molar-refractivity contribution in [2.24, 2.45) is 0 Å². The number of Topliss-reactive ketones (excluding diaryl/α,β-unsaturated/α-hetero) is 1. The molecule has 3 rings (SSSR count). The maximum Gasteiger partial charge on any atom is 0.295 e. The Bertz CT molecular complexity index is 1010. The number of ether oxygens (including phenoxy) is 1. The molecule has 6 nitrogen and oxygen atoms in total. The average Bonchev–Trinajstić information content (AvgIpc) is 3.05. The van der Waals surface area contributed by atoms with Crippen molar-refractivity contribution in [2.45, 2.75) is 39.8 Å². The van der Waals surface area contributed by atoms with Crippen molar-refractivity contribution in [1.29, 1.82) is 0 Å². The number of aliphatic hydroxyl groups excluding tert-OH is 1. The van der Waals surface area contributed by atoms with Gasteiger partial charge >= 0.3 is 0 Å². The van der Waals surface area contributed by atoms with Crippen LogP contribution in [-0.2, 0) is 9.59 Å². The molecular weight excluding hydrogens is 484 g/mol. The monoisotopic (exact) mass is 514 g/mol. The fourth-order valence-electron chi connectivity index (χ4n) is 4.01. The molecule has 176 valence electrons. The second-order valence-corrected chi connectivity index (χ2v) is 9.18. The van der Waals surface area contributed by atoms with Crippen molar-refractivity contribution < 1.29 is 19.4 Å². The number of rotatable bonds is 9. The largest absolute Gasteiger partial charge is 0.507 e. The number of likely N-dealkylation sites (tertiary alicyclic amines) is 1. The van der Waals surface area contributed by atoms with E-state index < -0.39 is 17.7 Å². The van der Waals surface area contributed by atoms with Gasteiger partial charge in [-0.05, 0) is 56.8 Å². The fourth-order valence-corrected chi connectivity index (χ4v) is 4.27. The zero-order chi connectivity index (χ0) is 24.1. The smallest absolute Gasteiger partial charge is 0.295 e. The first-order chi connectivity index (χ1) is 15.8. The lowest BCUT2D eigenvalue weighted by molar-refractivity contribution is -0.140. The van der Waals surface area contributed by atoms with E-state index in [0.717, 1.165) is 23.1 Å². The van der Waals surface area contributed by atoms with Crippen LogP contribution in [0.3, 0.4) is 0 Å². The topological polar surface area (TPSA) is 70.1 Å². The molecule has 2 aromatic rings. The minimum atomic E-state index is -0.669. The van der Waals surface area contributed by atoms with E-state index in [1.807, 2.05) is 38.1 Å². The number of halogens is 1. The molecule has 1 aliphatic heterocycles. The summed E-state index contributed by atoms with van der Waals surface area (Å²) in [6, 6.07) is 13.7. The Morgan fingerprint density at radius 1 is 1.06 bits per heavy atom. The van der Waals surface area contributed by atoms with Crippen molar-refractivity contribution in [1.82, 2.24) is 9.80 Å². The Morgan fingerprint density at radius 3 is 2.21 bits per heavy atom. The van der Waals surface area contributed by atoms with Crippen molar-refractivity contribution in [3.63, 3.8) is 0 Å². The quantitative estimate of drug-likeness (QED) is 0.289. The molecule has 1 fully saturated rings. The number of hydrogen-bond acceptors (Lipinski definition) is 5. The first kappa shape index (κ1) is 25.0. The second kappa shape index (κ2) is 11.0. The highest BCUT2D eigenvalue weighted by molar-refractivity contribution is 9.10. The molecule has 0 radical (unpaired) electrons. The Balaban J connectivity index is 2.06. The van der Waals surface area contributed by atoms with E-state index >= 15 is 0 Å². The van der Waals surface area contributed by atoms with E-state index in [1.165, 1.54) is 0 Å². The van der Waals surface area contributed by atoms with E-state index in [0.29, 0.717) is 24.4 Å². The number of hydrogen-bond donors (Lipinski definition) is 1. The van der Waals surface area contributed by atoms with Gasteiger partial charge in [0.2, 0.25) is 0 Å². The van der Waals surface area contributed by atoms with Crippen LogP contribution in [0.2, 0.25) is 0 Å². The number of carbonyl (C=O) groups is 2. The number of nitrogens with zero attached hydrogens (tertiary/aromatic N) is 2. The Labute approximate surface area is 204 Å². The van der Waals surface area contributed by atoms with Crippen molar-refractivity contribution in [3.05, 3.63) is 69.7 Å². The highest BCUT2D eigenvalue weighted by Crippen LogP contribution is 2.39. The van der Waals surface area contributed by atoms with Crippen molar-refractivity contribution in [3.8, 4) is 5.75 Å². The van der Waals surface area contributed by atoms with Gasteiger partial charge in [0.25, 0.3) is 11.7 Å². The molecule has 7 heteroatoms. The van der Waals surface area contributed by atoms with Crippen LogP contribution in [0, 0.1) is 0 Å². The molecule has 33 heavy (non-hydrogen) atoms. The molecule has 1 aliphatic rings. The van der Waals surface area contributed by atoms with Gasteiger partial charge in [-0.2, -0.15) is 0 Å². The summed E-state index contributed by atoms with van der Waals surface area (Å²) in [5.41, 5.74) is 1.35. The molecule has 1 atom stereocenters. The number of ketones is 1. The van der Waals surface area contributed by atoms with Gasteiger partial charge in [-0.1, -0.05) is 54.0 Å². The predicted octanol–water partition coefficient (Wildman–Crippen LogP) is 5.00. The molecule has 0 aromatic heterocycles. The van der Waals surface area contributed by atoms with E-state index in [4.69, 9.17) is 4.74 Å². The maximum atomic E-state index is 13.1. The molecular formula is C26H31BrN2O4. The van der Waals surface area contributed by atoms with Crippen LogP contribution < -0.4 is 4.74 Å². The molecule has 1 amide bonds. The lowest BCUT2D eigenvalue weighted by Crippen LogP contribution is -2.38. The van der Waals surface area contributed by atoms with Gasteiger partial charge in [0, 0.05) is 23.1 Å². The number of aliphatic hydroxyl groups is 1. The summed E-state index contributed by atoms with van der Waals surface area (Å²) >= 11 is 3.39. The third-order valence-electron chi connectivity index (χ3n) is 5.78. The number of likely N-dealkylation sites (N-methyl/N-ethyl adjacent to an activating group) is 1. The molecule has 0 aliphatic carbocycles. The summed E-state index contributed by atoms with van der Waals surface area (Å²) in [6.07, 6.45) is 0.0351. The molecule has 0 saturated carbocycles. The summed E-state index contributed by atoms with van der Waals surface area (Å²) in [6.45, 7) is 10.8. The number of benzene rings is 2. The van der Waals surface area contributed by atoms with Crippen LogP contribution in [0.5, 0.6) is 5.75 Å². The lowest BCUT2D eigenvalue weighted by atomic mass is 9.95. The highest BCUT2D eigenvalue weighted by atomic mass is 79.9. The summed E-state index contributed by atoms with van der Waals surface area (Å²) in [5, 5.41) is 11.1.